The summed E-state index contributed by atoms with van der Waals surface area (Å²) in [6, 6.07) is 6.88. The largest absolute Gasteiger partial charge is 0.388 e. The van der Waals surface area contributed by atoms with Crippen LogP contribution in [0.5, 0.6) is 0 Å². The molecule has 1 unspecified atom stereocenters. The maximum atomic E-state index is 12.1. The summed E-state index contributed by atoms with van der Waals surface area (Å²) in [5.41, 5.74) is 0.239. The van der Waals surface area contributed by atoms with Crippen LogP contribution in [-0.2, 0) is 10.0 Å². The molecule has 9 heteroatoms. The van der Waals surface area contributed by atoms with Crippen LogP contribution >= 0.6 is 11.3 Å². The quantitative estimate of drug-likeness (QED) is 0.591. The molecule has 0 fully saturated rings. The van der Waals surface area contributed by atoms with Gasteiger partial charge in [0.1, 0.15) is 0 Å². The Balaban J connectivity index is 2.04. The van der Waals surface area contributed by atoms with Crippen molar-refractivity contribution >= 4 is 27.0 Å². The lowest BCUT2D eigenvalue weighted by atomic mass is 10.1. The zero-order chi connectivity index (χ0) is 16.2. The van der Waals surface area contributed by atoms with Gasteiger partial charge in [0.25, 0.3) is 5.69 Å². The summed E-state index contributed by atoms with van der Waals surface area (Å²) in [7, 11) is -4.00. The van der Waals surface area contributed by atoms with Crippen molar-refractivity contribution in [3.63, 3.8) is 0 Å². The number of aliphatic hydroxyl groups excluding tert-OH is 1. The van der Waals surface area contributed by atoms with E-state index in [-0.39, 0.29) is 17.9 Å². The van der Waals surface area contributed by atoms with E-state index in [1.807, 2.05) is 5.38 Å². The van der Waals surface area contributed by atoms with Gasteiger partial charge in [-0.2, -0.15) is 11.3 Å². The molecule has 118 valence electrons. The van der Waals surface area contributed by atoms with Gasteiger partial charge >= 0.3 is 0 Å². The first-order valence-electron chi connectivity index (χ1n) is 6.35. The molecule has 22 heavy (non-hydrogen) atoms. The Labute approximate surface area is 131 Å². The number of nitro benzene ring substituents is 1. The van der Waals surface area contributed by atoms with Crippen LogP contribution < -0.4 is 4.72 Å². The minimum Gasteiger partial charge on any atom is -0.388 e. The van der Waals surface area contributed by atoms with E-state index < -0.39 is 26.7 Å². The normalized spacial score (nSPS) is 13.0. The maximum absolute atomic E-state index is 12.1. The van der Waals surface area contributed by atoms with Crippen LogP contribution in [0.1, 0.15) is 18.1 Å². The fourth-order valence-corrected chi connectivity index (χ4v) is 3.80. The lowest BCUT2D eigenvalue weighted by Crippen LogP contribution is -2.26. The lowest BCUT2D eigenvalue weighted by molar-refractivity contribution is -0.387. The predicted molar refractivity (Wildman–Crippen MR) is 82.2 cm³/mol. The number of aliphatic hydroxyl groups is 1. The number of nitrogens with zero attached hydrogens (tertiary/aromatic N) is 1. The first-order valence-corrected chi connectivity index (χ1v) is 8.77. The number of para-hydroxylation sites is 1. The van der Waals surface area contributed by atoms with E-state index in [0.717, 1.165) is 11.6 Å². The highest BCUT2D eigenvalue weighted by Gasteiger charge is 2.24. The van der Waals surface area contributed by atoms with Gasteiger partial charge in [-0.3, -0.25) is 10.1 Å². The number of hydrogen-bond donors (Lipinski definition) is 2. The van der Waals surface area contributed by atoms with Gasteiger partial charge in [-0.15, -0.1) is 0 Å². The molecule has 0 bridgehead atoms. The van der Waals surface area contributed by atoms with Gasteiger partial charge in [0.05, 0.1) is 11.0 Å². The van der Waals surface area contributed by atoms with Gasteiger partial charge < -0.3 is 5.11 Å². The Hall–Kier alpha value is -1.81. The molecule has 1 heterocycles. The number of sulfonamides is 1. The number of thiophene rings is 1. The minimum atomic E-state index is -4.00. The SMILES string of the molecule is O=[N+]([O-])c1ccccc1S(=O)(=O)NCCC(O)c1ccsc1. The Morgan fingerprint density at radius 2 is 2.05 bits per heavy atom. The van der Waals surface area contributed by atoms with Crippen molar-refractivity contribution in [2.75, 3.05) is 6.54 Å². The van der Waals surface area contributed by atoms with Crippen molar-refractivity contribution in [1.82, 2.24) is 4.72 Å². The van der Waals surface area contributed by atoms with E-state index in [1.54, 1.807) is 11.4 Å². The highest BCUT2D eigenvalue weighted by atomic mass is 32.2. The molecule has 2 N–H and O–H groups in total. The second-order valence-electron chi connectivity index (χ2n) is 4.48. The second-order valence-corrected chi connectivity index (χ2v) is 7.00. The molecule has 0 aliphatic heterocycles. The summed E-state index contributed by atoms with van der Waals surface area (Å²) in [6.45, 7) is -0.0224. The van der Waals surface area contributed by atoms with E-state index in [9.17, 15) is 23.6 Å². The van der Waals surface area contributed by atoms with Crippen LogP contribution in [-0.4, -0.2) is 25.0 Å². The smallest absolute Gasteiger partial charge is 0.289 e. The Bertz CT molecular complexity index is 744. The second kappa shape index (κ2) is 6.97. The Morgan fingerprint density at radius 1 is 1.32 bits per heavy atom. The van der Waals surface area contributed by atoms with E-state index >= 15 is 0 Å². The number of nitro groups is 1. The molecular weight excluding hydrogens is 328 g/mol. The highest BCUT2D eigenvalue weighted by Crippen LogP contribution is 2.23. The third-order valence-corrected chi connectivity index (χ3v) is 5.20. The zero-order valence-corrected chi connectivity index (χ0v) is 13.0. The summed E-state index contributed by atoms with van der Waals surface area (Å²) in [5, 5.41) is 24.4. The fourth-order valence-electron chi connectivity index (χ4n) is 1.87. The monoisotopic (exact) mass is 342 g/mol. The van der Waals surface area contributed by atoms with Crippen molar-refractivity contribution in [2.45, 2.75) is 17.4 Å². The molecule has 2 aromatic rings. The molecular formula is C13H14N2O5S2. The van der Waals surface area contributed by atoms with Crippen LogP contribution in [0.4, 0.5) is 5.69 Å². The van der Waals surface area contributed by atoms with Crippen molar-refractivity contribution in [3.8, 4) is 0 Å². The van der Waals surface area contributed by atoms with Crippen molar-refractivity contribution in [1.29, 1.82) is 0 Å². The molecule has 0 saturated carbocycles. The van der Waals surface area contributed by atoms with Crippen LogP contribution in [0, 0.1) is 10.1 Å². The van der Waals surface area contributed by atoms with Gasteiger partial charge in [0.2, 0.25) is 10.0 Å². The predicted octanol–water partition coefficient (Wildman–Crippen LogP) is 2.06. The molecule has 1 aromatic carbocycles. The molecule has 0 saturated heterocycles. The fraction of sp³-hybridized carbons (Fsp3) is 0.231. The third kappa shape index (κ3) is 3.89. The van der Waals surface area contributed by atoms with Gasteiger partial charge in [-0.1, -0.05) is 12.1 Å². The molecule has 0 amide bonds. The topological polar surface area (TPSA) is 110 Å². The molecule has 0 spiro atoms. The summed E-state index contributed by atoms with van der Waals surface area (Å²) in [4.78, 5) is 9.75. The summed E-state index contributed by atoms with van der Waals surface area (Å²) >= 11 is 1.44. The van der Waals surface area contributed by atoms with Crippen LogP contribution in [0.15, 0.2) is 46.0 Å². The average molecular weight is 342 g/mol. The average Bonchev–Trinajstić information content (AvgIpc) is 3.01. The highest BCUT2D eigenvalue weighted by molar-refractivity contribution is 7.89. The van der Waals surface area contributed by atoms with Crippen molar-refractivity contribution in [2.24, 2.45) is 0 Å². The van der Waals surface area contributed by atoms with Gasteiger partial charge in [0.15, 0.2) is 4.90 Å². The van der Waals surface area contributed by atoms with Crippen LogP contribution in [0.2, 0.25) is 0 Å². The first-order chi connectivity index (χ1) is 10.4. The standard InChI is InChI=1S/C13H14N2O5S2/c16-12(10-6-8-21-9-10)5-7-14-22(19,20)13-4-2-1-3-11(13)15(17)18/h1-4,6,8-9,12,14,16H,5,7H2. The Morgan fingerprint density at radius 3 is 2.68 bits per heavy atom. The molecule has 1 atom stereocenters. The van der Waals surface area contributed by atoms with Gasteiger partial charge in [-0.25, -0.2) is 13.1 Å². The third-order valence-electron chi connectivity index (χ3n) is 2.99. The summed E-state index contributed by atoms with van der Waals surface area (Å²) in [5.74, 6) is 0. The first kappa shape index (κ1) is 16.6. The van der Waals surface area contributed by atoms with Gasteiger partial charge in [-0.05, 0) is 34.9 Å². The van der Waals surface area contributed by atoms with E-state index in [1.165, 1.54) is 29.5 Å². The summed E-state index contributed by atoms with van der Waals surface area (Å²) in [6.07, 6.45) is -0.601. The number of rotatable bonds is 7. The van der Waals surface area contributed by atoms with E-state index in [2.05, 4.69) is 4.72 Å². The molecule has 0 aliphatic carbocycles. The number of benzene rings is 1. The minimum absolute atomic E-state index is 0.0224. The van der Waals surface area contributed by atoms with E-state index in [4.69, 9.17) is 0 Å². The Kier molecular flexibility index (Phi) is 5.24. The molecule has 2 rings (SSSR count). The molecule has 0 radical (unpaired) electrons. The van der Waals surface area contributed by atoms with Crippen LogP contribution in [0.25, 0.3) is 0 Å². The summed E-state index contributed by atoms with van der Waals surface area (Å²) < 4.78 is 26.5. The maximum Gasteiger partial charge on any atom is 0.289 e. The molecule has 1 aromatic heterocycles. The van der Waals surface area contributed by atoms with Crippen LogP contribution in [0.3, 0.4) is 0 Å². The number of nitrogens with one attached hydrogen (secondary N) is 1. The lowest BCUT2D eigenvalue weighted by Gasteiger charge is -2.10. The molecule has 7 nitrogen and oxygen atoms in total. The number of hydrogen-bond acceptors (Lipinski definition) is 6. The molecule has 0 aliphatic rings. The zero-order valence-electron chi connectivity index (χ0n) is 11.4. The van der Waals surface area contributed by atoms with Gasteiger partial charge in [0, 0.05) is 12.6 Å². The van der Waals surface area contributed by atoms with Crippen molar-refractivity contribution < 1.29 is 18.4 Å². The van der Waals surface area contributed by atoms with E-state index in [0.29, 0.717) is 0 Å². The van der Waals surface area contributed by atoms with Crippen molar-refractivity contribution in [3.05, 3.63) is 56.8 Å².